The van der Waals surface area contributed by atoms with E-state index in [1.54, 1.807) is 24.3 Å². The van der Waals surface area contributed by atoms with Gasteiger partial charge in [0.05, 0.1) is 61.9 Å². The smallest absolute Gasteiger partial charge is 0.338 e. The molecule has 2 aromatic carbocycles. The minimum absolute atomic E-state index is 0.0177. The molecule has 1 amide bonds. The molecule has 0 radical (unpaired) electrons. The second-order valence-electron chi connectivity index (χ2n) is 17.1. The van der Waals surface area contributed by atoms with Gasteiger partial charge in [-0.1, -0.05) is 31.9 Å². The number of benzene rings is 2. The second kappa shape index (κ2) is 20.2. The van der Waals surface area contributed by atoms with E-state index in [0.29, 0.717) is 35.2 Å². The molecule has 1 saturated heterocycles. The standard InChI is InChI=1S/C47H56N2O13/c1-5-21-57-24-25-58-41(53)28-48-27-39(51)49-33-14-12-31(13-15-33)42(54)30-8-10-32(11-9-30)43(55)59-22-6-7-40(52)61-29-46(3)36-16-20-47(4)37(45(36,2)19-17-38(46)50)26-35(62-47)34-18-23-60-44(34)56/h1,8-15,18,35-38,48,50H,6-7,16-17,19-29H2,2-4H3,(H,49,51)/t35?,36?,37?,38-,45-,46+,47?/m1/s1. The SMILES string of the molecule is C#CCOCCOC(=O)CNCC(=O)Nc1ccc(C(=O)c2ccc(C(=O)OCCCC(=O)OC[C@@]3(C)C4CCC5(C)OC(C6=CCOC6=O)CC5[C@]4(C)CC[C@H]3O)cc2)cc1. The summed E-state index contributed by atoms with van der Waals surface area (Å²) >= 11 is 0. The van der Waals surface area contributed by atoms with Crippen LogP contribution >= 0.6 is 0 Å². The summed E-state index contributed by atoms with van der Waals surface area (Å²) in [5.41, 5.74) is 0.719. The van der Waals surface area contributed by atoms with Crippen molar-refractivity contribution >= 4 is 41.3 Å². The summed E-state index contributed by atoms with van der Waals surface area (Å²) in [6, 6.07) is 12.3. The molecule has 2 heterocycles. The third kappa shape index (κ3) is 10.6. The number of carbonyl (C=O) groups excluding carboxylic acids is 6. The van der Waals surface area contributed by atoms with E-state index < -0.39 is 40.9 Å². The Morgan fingerprint density at radius 2 is 1.56 bits per heavy atom. The number of nitrogens with one attached hydrogen (secondary N) is 2. The van der Waals surface area contributed by atoms with Crippen molar-refractivity contribution in [1.29, 1.82) is 0 Å². The fourth-order valence-corrected chi connectivity index (χ4v) is 9.87. The van der Waals surface area contributed by atoms with Crippen LogP contribution in [0.25, 0.3) is 0 Å². The lowest BCUT2D eigenvalue weighted by Gasteiger charge is -2.61. The van der Waals surface area contributed by atoms with Crippen LogP contribution in [-0.4, -0.2) is 111 Å². The summed E-state index contributed by atoms with van der Waals surface area (Å²) < 4.78 is 32.9. The molecule has 7 atom stereocenters. The summed E-state index contributed by atoms with van der Waals surface area (Å²) in [5.74, 6) is -0.0657. The average molecular weight is 857 g/mol. The molecule has 2 aliphatic carbocycles. The Morgan fingerprint density at radius 1 is 0.855 bits per heavy atom. The molecule has 332 valence electrons. The van der Waals surface area contributed by atoms with Gasteiger partial charge >= 0.3 is 23.9 Å². The first-order chi connectivity index (χ1) is 29.7. The van der Waals surface area contributed by atoms with Crippen molar-refractivity contribution in [3.8, 4) is 12.3 Å². The molecule has 0 bridgehead atoms. The van der Waals surface area contributed by atoms with E-state index in [-0.39, 0.29) is 106 Å². The highest BCUT2D eigenvalue weighted by Crippen LogP contribution is 2.66. The molecule has 2 saturated carbocycles. The zero-order valence-electron chi connectivity index (χ0n) is 35.5. The number of cyclic esters (lactones) is 1. The molecule has 0 aromatic heterocycles. The van der Waals surface area contributed by atoms with E-state index in [4.69, 9.17) is 34.8 Å². The van der Waals surface area contributed by atoms with Gasteiger partial charge in [-0.3, -0.25) is 24.5 Å². The van der Waals surface area contributed by atoms with E-state index in [1.807, 2.05) is 13.0 Å². The predicted molar refractivity (Wildman–Crippen MR) is 224 cm³/mol. The molecule has 3 N–H and O–H groups in total. The summed E-state index contributed by atoms with van der Waals surface area (Å²) in [7, 11) is 0. The molecule has 4 unspecified atom stereocenters. The van der Waals surface area contributed by atoms with Crippen LogP contribution in [0.4, 0.5) is 5.69 Å². The van der Waals surface area contributed by atoms with Crippen LogP contribution in [0.3, 0.4) is 0 Å². The molecule has 15 nitrogen and oxygen atoms in total. The number of terminal acetylenes is 1. The normalized spacial score (nSPS) is 27.4. The largest absolute Gasteiger partial charge is 0.465 e. The average Bonchev–Trinajstić information content (AvgIpc) is 3.86. The lowest BCUT2D eigenvalue weighted by molar-refractivity contribution is -0.203. The van der Waals surface area contributed by atoms with E-state index in [2.05, 4.69) is 30.4 Å². The third-order valence-electron chi connectivity index (χ3n) is 13.1. The topological polar surface area (TPSA) is 202 Å². The monoisotopic (exact) mass is 856 g/mol. The zero-order valence-corrected chi connectivity index (χ0v) is 35.5. The van der Waals surface area contributed by atoms with Gasteiger partial charge in [0.2, 0.25) is 5.91 Å². The molecule has 4 aliphatic rings. The minimum Gasteiger partial charge on any atom is -0.465 e. The molecule has 3 fully saturated rings. The van der Waals surface area contributed by atoms with E-state index >= 15 is 0 Å². The van der Waals surface area contributed by atoms with Crippen LogP contribution in [0.1, 0.15) is 92.0 Å². The van der Waals surface area contributed by atoms with Crippen LogP contribution < -0.4 is 10.6 Å². The van der Waals surface area contributed by atoms with Gasteiger partial charge in [0.1, 0.15) is 19.8 Å². The first kappa shape index (κ1) is 46.1. The highest BCUT2D eigenvalue weighted by Gasteiger charge is 2.65. The molecule has 2 aromatic rings. The summed E-state index contributed by atoms with van der Waals surface area (Å²) in [4.78, 5) is 75.2. The molecule has 6 rings (SSSR count). The Morgan fingerprint density at radius 3 is 2.26 bits per heavy atom. The molecule has 0 spiro atoms. The Bertz CT molecular complexity index is 2060. The number of carbonyl (C=O) groups is 6. The Hall–Kier alpha value is -5.40. The Labute approximate surface area is 361 Å². The van der Waals surface area contributed by atoms with Crippen molar-refractivity contribution in [1.82, 2.24) is 5.32 Å². The Balaban J connectivity index is 0.900. The zero-order chi connectivity index (χ0) is 44.5. The van der Waals surface area contributed by atoms with Crippen LogP contribution in [0.15, 0.2) is 60.2 Å². The number of amides is 1. The van der Waals surface area contributed by atoms with Gasteiger partial charge in [-0.05, 0) is 105 Å². The highest BCUT2D eigenvalue weighted by molar-refractivity contribution is 6.09. The second-order valence-corrected chi connectivity index (χ2v) is 17.1. The van der Waals surface area contributed by atoms with Gasteiger partial charge in [-0.25, -0.2) is 9.59 Å². The number of hydrogen-bond acceptors (Lipinski definition) is 14. The number of ether oxygens (including phenoxy) is 6. The van der Waals surface area contributed by atoms with Crippen molar-refractivity contribution < 1.29 is 62.3 Å². The summed E-state index contributed by atoms with van der Waals surface area (Å²) in [5, 5.41) is 16.7. The molecule has 2 aliphatic heterocycles. The van der Waals surface area contributed by atoms with E-state index in [1.165, 1.54) is 24.3 Å². The number of aliphatic hydroxyl groups is 1. The van der Waals surface area contributed by atoms with E-state index in [9.17, 15) is 33.9 Å². The van der Waals surface area contributed by atoms with Gasteiger partial charge in [0, 0.05) is 28.7 Å². The third-order valence-corrected chi connectivity index (χ3v) is 13.1. The molecule has 15 heteroatoms. The number of esters is 4. The maximum atomic E-state index is 13.1. The Kier molecular flexibility index (Phi) is 15.0. The van der Waals surface area contributed by atoms with Gasteiger partial charge in [-0.2, -0.15) is 0 Å². The lowest BCUT2D eigenvalue weighted by atomic mass is 9.44. The van der Waals surface area contributed by atoms with Crippen LogP contribution in [-0.2, 0) is 47.6 Å². The van der Waals surface area contributed by atoms with Crippen molar-refractivity contribution in [2.75, 3.05) is 58.0 Å². The van der Waals surface area contributed by atoms with Crippen molar-refractivity contribution in [3.05, 3.63) is 76.9 Å². The van der Waals surface area contributed by atoms with Gasteiger partial charge in [0.25, 0.3) is 0 Å². The fraction of sp³-hybridized carbons (Fsp3) is 0.532. The lowest BCUT2D eigenvalue weighted by Crippen LogP contribution is -2.61. The summed E-state index contributed by atoms with van der Waals surface area (Å²) in [6.45, 7) is 6.77. The number of ketones is 1. The van der Waals surface area contributed by atoms with E-state index in [0.717, 1.165) is 19.3 Å². The van der Waals surface area contributed by atoms with Crippen molar-refractivity contribution in [3.63, 3.8) is 0 Å². The van der Waals surface area contributed by atoms with Crippen LogP contribution in [0, 0.1) is 35.0 Å². The van der Waals surface area contributed by atoms with Crippen LogP contribution in [0.5, 0.6) is 0 Å². The molecular weight excluding hydrogens is 801 g/mol. The first-order valence-electron chi connectivity index (χ1n) is 21.1. The van der Waals surface area contributed by atoms with Gasteiger partial charge < -0.3 is 38.8 Å². The van der Waals surface area contributed by atoms with Gasteiger partial charge in [-0.15, -0.1) is 6.42 Å². The number of anilines is 1. The number of fused-ring (bicyclic) bond motifs is 3. The highest BCUT2D eigenvalue weighted by atomic mass is 16.6. The molecule has 62 heavy (non-hydrogen) atoms. The van der Waals surface area contributed by atoms with Crippen molar-refractivity contribution in [2.24, 2.45) is 22.7 Å². The van der Waals surface area contributed by atoms with Crippen molar-refractivity contribution in [2.45, 2.75) is 83.5 Å². The number of hydrogen-bond donors (Lipinski definition) is 3. The predicted octanol–water partition coefficient (Wildman–Crippen LogP) is 4.34. The maximum Gasteiger partial charge on any atom is 0.338 e. The number of rotatable bonds is 19. The number of aliphatic hydroxyl groups excluding tert-OH is 1. The summed E-state index contributed by atoms with van der Waals surface area (Å²) in [6.07, 6.45) is 9.82. The fourth-order valence-electron chi connectivity index (χ4n) is 9.87. The quantitative estimate of drug-likeness (QED) is 0.0592. The minimum atomic E-state index is -0.673. The first-order valence-corrected chi connectivity index (χ1v) is 21.1. The van der Waals surface area contributed by atoms with Gasteiger partial charge in [0.15, 0.2) is 5.78 Å². The maximum absolute atomic E-state index is 13.1. The molecular formula is C47H56N2O13. The van der Waals surface area contributed by atoms with Crippen LogP contribution in [0.2, 0.25) is 0 Å².